The van der Waals surface area contributed by atoms with Gasteiger partial charge < -0.3 is 4.90 Å². The fourth-order valence-electron chi connectivity index (χ4n) is 5.39. The molecule has 0 spiro atoms. The van der Waals surface area contributed by atoms with E-state index in [0.717, 1.165) is 56.6 Å². The van der Waals surface area contributed by atoms with E-state index in [1.54, 1.807) is 16.5 Å². The van der Waals surface area contributed by atoms with Gasteiger partial charge in [-0.05, 0) is 49.2 Å². The second-order valence-electron chi connectivity index (χ2n) is 10.3. The molecule has 190 valence electrons. The molecule has 8 heteroatoms. The summed E-state index contributed by atoms with van der Waals surface area (Å²) >= 11 is 6.94. The Morgan fingerprint density at radius 2 is 1.89 bits per heavy atom. The Bertz CT molecular complexity index is 1110. The van der Waals surface area contributed by atoms with Crippen LogP contribution in [0.15, 0.2) is 9.70 Å². The Labute approximate surface area is 219 Å². The number of nitriles is 1. The molecule has 35 heavy (non-hydrogen) atoms. The minimum atomic E-state index is -0.294. The van der Waals surface area contributed by atoms with Crippen LogP contribution in [-0.2, 0) is 11.8 Å². The predicted octanol–water partition coefficient (Wildman–Crippen LogP) is 5.47. The minimum Gasteiger partial charge on any atom is -0.357 e. The fourth-order valence-corrected chi connectivity index (χ4v) is 6.65. The molecule has 0 saturated carbocycles. The summed E-state index contributed by atoms with van der Waals surface area (Å²) < 4.78 is 2.17. The minimum absolute atomic E-state index is 0.0759. The number of thioether (sulfide) groups is 1. The average Bonchev–Trinajstić information content (AvgIpc) is 3.07. The fraction of sp³-hybridized carbons (Fsp3) is 0.630. The first-order valence-corrected chi connectivity index (χ1v) is 14.0. The molecule has 1 amide bonds. The zero-order chi connectivity index (χ0) is 25.9. The molecule has 0 bridgehead atoms. The van der Waals surface area contributed by atoms with Crippen LogP contribution in [0.1, 0.15) is 76.5 Å². The number of piperidine rings is 1. The molecule has 1 aromatic heterocycles. The number of aromatic nitrogens is 1. The summed E-state index contributed by atoms with van der Waals surface area (Å²) in [5, 5.41) is 9.73. The van der Waals surface area contributed by atoms with E-state index in [1.807, 2.05) is 13.0 Å². The van der Waals surface area contributed by atoms with Gasteiger partial charge in [0.2, 0.25) is 0 Å². The van der Waals surface area contributed by atoms with Crippen molar-refractivity contribution in [3.8, 4) is 6.07 Å². The van der Waals surface area contributed by atoms with Gasteiger partial charge in [0.05, 0.1) is 4.91 Å². The van der Waals surface area contributed by atoms with Gasteiger partial charge in [0.25, 0.3) is 11.5 Å². The van der Waals surface area contributed by atoms with E-state index in [0.29, 0.717) is 39.1 Å². The Kier molecular flexibility index (Phi) is 9.22. The van der Waals surface area contributed by atoms with Crippen molar-refractivity contribution >= 4 is 46.1 Å². The molecule has 3 heterocycles. The second kappa shape index (κ2) is 11.7. The van der Waals surface area contributed by atoms with Crippen LogP contribution in [0.3, 0.4) is 0 Å². The maximum absolute atomic E-state index is 13.5. The second-order valence-corrected chi connectivity index (χ2v) is 11.9. The van der Waals surface area contributed by atoms with Crippen molar-refractivity contribution in [2.24, 2.45) is 24.8 Å². The van der Waals surface area contributed by atoms with E-state index >= 15 is 0 Å². The molecule has 0 aromatic carbocycles. The van der Waals surface area contributed by atoms with Gasteiger partial charge in [-0.2, -0.15) is 5.26 Å². The average molecular weight is 515 g/mol. The molecular formula is C27H38N4O2S2. The molecule has 2 saturated heterocycles. The Hall–Kier alpha value is -2.11. The van der Waals surface area contributed by atoms with Crippen LogP contribution in [0.5, 0.6) is 0 Å². The molecule has 2 aliphatic heterocycles. The smallest absolute Gasteiger partial charge is 0.270 e. The first kappa shape index (κ1) is 27.5. The number of hydrogen-bond donors (Lipinski definition) is 0. The highest BCUT2D eigenvalue weighted by molar-refractivity contribution is 8.26. The number of unbranched alkanes of at least 4 members (excludes halogenated alkanes) is 1. The van der Waals surface area contributed by atoms with Gasteiger partial charge >= 0.3 is 0 Å². The van der Waals surface area contributed by atoms with Crippen molar-refractivity contribution in [3.05, 3.63) is 31.9 Å². The number of rotatable bonds is 8. The van der Waals surface area contributed by atoms with Crippen LogP contribution < -0.4 is 10.5 Å². The quantitative estimate of drug-likeness (QED) is 0.339. The SMILES string of the molecule is CCCCC(CC)CN1C(=O)/C(=C/c2c(C)c(C#N)c(=O)n(C)c2N2CC(C)CC(C)C2)SC1=S. The van der Waals surface area contributed by atoms with E-state index in [2.05, 4.69) is 38.7 Å². The topological polar surface area (TPSA) is 69.3 Å². The van der Waals surface area contributed by atoms with E-state index in [1.165, 1.54) is 11.8 Å². The Balaban J connectivity index is 2.06. The first-order chi connectivity index (χ1) is 16.6. The number of amides is 1. The molecule has 6 nitrogen and oxygen atoms in total. The summed E-state index contributed by atoms with van der Waals surface area (Å²) in [5.41, 5.74) is 1.22. The lowest BCUT2D eigenvalue weighted by Gasteiger charge is -2.38. The summed E-state index contributed by atoms with van der Waals surface area (Å²) in [5.74, 6) is 2.11. The highest BCUT2D eigenvalue weighted by Crippen LogP contribution is 2.37. The lowest BCUT2D eigenvalue weighted by molar-refractivity contribution is -0.122. The largest absolute Gasteiger partial charge is 0.357 e. The molecule has 3 atom stereocenters. The highest BCUT2D eigenvalue weighted by Gasteiger charge is 2.34. The number of hydrogen-bond acceptors (Lipinski definition) is 6. The van der Waals surface area contributed by atoms with Gasteiger partial charge in [-0.25, -0.2) is 0 Å². The Morgan fingerprint density at radius 3 is 2.46 bits per heavy atom. The third kappa shape index (κ3) is 5.83. The van der Waals surface area contributed by atoms with Gasteiger partial charge in [-0.1, -0.05) is 70.9 Å². The highest BCUT2D eigenvalue weighted by atomic mass is 32.2. The van der Waals surface area contributed by atoms with Crippen LogP contribution in [0.4, 0.5) is 5.82 Å². The lowest BCUT2D eigenvalue weighted by Crippen LogP contribution is -2.42. The monoisotopic (exact) mass is 514 g/mol. The van der Waals surface area contributed by atoms with Crippen molar-refractivity contribution in [2.45, 2.75) is 66.7 Å². The van der Waals surface area contributed by atoms with E-state index < -0.39 is 0 Å². The summed E-state index contributed by atoms with van der Waals surface area (Å²) in [6.45, 7) is 12.9. The number of anilines is 1. The van der Waals surface area contributed by atoms with Gasteiger partial charge in [-0.15, -0.1) is 0 Å². The van der Waals surface area contributed by atoms with Crippen molar-refractivity contribution in [1.29, 1.82) is 5.26 Å². The van der Waals surface area contributed by atoms with Gasteiger partial charge in [0, 0.05) is 32.2 Å². The molecule has 2 fully saturated rings. The van der Waals surface area contributed by atoms with Crippen molar-refractivity contribution in [1.82, 2.24) is 9.47 Å². The van der Waals surface area contributed by atoms with Crippen molar-refractivity contribution in [2.75, 3.05) is 24.5 Å². The maximum atomic E-state index is 13.5. The van der Waals surface area contributed by atoms with Gasteiger partial charge in [0.15, 0.2) is 0 Å². The molecule has 0 N–H and O–H groups in total. The first-order valence-electron chi connectivity index (χ1n) is 12.8. The molecule has 3 unspecified atom stereocenters. The number of pyridine rings is 1. The van der Waals surface area contributed by atoms with Crippen LogP contribution in [0.25, 0.3) is 6.08 Å². The predicted molar refractivity (Wildman–Crippen MR) is 149 cm³/mol. The number of nitrogens with zero attached hydrogens (tertiary/aromatic N) is 4. The molecule has 2 aliphatic rings. The van der Waals surface area contributed by atoms with E-state index in [-0.39, 0.29) is 17.0 Å². The number of carbonyl (C=O) groups is 1. The van der Waals surface area contributed by atoms with Gasteiger partial charge in [0.1, 0.15) is 21.8 Å². The standard InChI is InChI=1S/C27H38N4O2S2/c1-7-9-10-20(8-2)16-31-26(33)23(35-27(31)34)12-21-19(5)22(13-28)25(32)29(6)24(21)30-14-17(3)11-18(4)15-30/h12,17-18,20H,7-11,14-16H2,1-6H3/b23-12-. The number of thiocarbonyl (C=S) groups is 1. The molecule has 0 radical (unpaired) electrons. The molecular weight excluding hydrogens is 476 g/mol. The van der Waals surface area contributed by atoms with E-state index in [9.17, 15) is 14.9 Å². The zero-order valence-corrected chi connectivity index (χ0v) is 23.5. The molecule has 0 aliphatic carbocycles. The summed E-state index contributed by atoms with van der Waals surface area (Å²) in [7, 11) is 1.73. The van der Waals surface area contributed by atoms with E-state index in [4.69, 9.17) is 12.2 Å². The third-order valence-electron chi connectivity index (χ3n) is 7.27. The van der Waals surface area contributed by atoms with Crippen LogP contribution in [0.2, 0.25) is 0 Å². The normalized spacial score (nSPS) is 22.7. The van der Waals surface area contributed by atoms with Crippen LogP contribution in [0, 0.1) is 36.0 Å². The van der Waals surface area contributed by atoms with Gasteiger partial charge in [-0.3, -0.25) is 19.1 Å². The third-order valence-corrected chi connectivity index (χ3v) is 8.65. The number of carbonyl (C=O) groups excluding carboxylic acids is 1. The Morgan fingerprint density at radius 1 is 1.23 bits per heavy atom. The van der Waals surface area contributed by atoms with Crippen LogP contribution in [-0.4, -0.2) is 39.3 Å². The van der Waals surface area contributed by atoms with Crippen LogP contribution >= 0.6 is 24.0 Å². The zero-order valence-electron chi connectivity index (χ0n) is 21.9. The summed E-state index contributed by atoms with van der Waals surface area (Å²) in [4.78, 5) is 31.0. The summed E-state index contributed by atoms with van der Waals surface area (Å²) in [6, 6.07) is 2.09. The van der Waals surface area contributed by atoms with Crippen molar-refractivity contribution < 1.29 is 4.79 Å². The molecule has 1 aromatic rings. The summed E-state index contributed by atoms with van der Waals surface area (Å²) in [6.07, 6.45) is 7.39. The maximum Gasteiger partial charge on any atom is 0.270 e. The van der Waals surface area contributed by atoms with Crippen molar-refractivity contribution in [3.63, 3.8) is 0 Å². The lowest BCUT2D eigenvalue weighted by atomic mass is 9.91. The molecule has 3 rings (SSSR count).